The maximum atomic E-state index is 11.5. The summed E-state index contributed by atoms with van der Waals surface area (Å²) in [6.07, 6.45) is 4.09. The van der Waals surface area contributed by atoms with Gasteiger partial charge in [-0.2, -0.15) is 5.10 Å². The SMILES string of the molecule is CCOC(=O)c1cnn(-c2ccc(S(C)(=O)=O)cc2)c1. The van der Waals surface area contributed by atoms with Crippen molar-refractivity contribution in [2.24, 2.45) is 0 Å². The molecule has 0 saturated heterocycles. The summed E-state index contributed by atoms with van der Waals surface area (Å²) in [5.74, 6) is -0.438. The number of sulfone groups is 1. The predicted molar refractivity (Wildman–Crippen MR) is 72.6 cm³/mol. The molecular formula is C13H14N2O4S. The number of hydrogen-bond acceptors (Lipinski definition) is 5. The third-order valence-corrected chi connectivity index (χ3v) is 3.75. The average Bonchev–Trinajstić information content (AvgIpc) is 2.88. The molecule has 6 nitrogen and oxygen atoms in total. The van der Waals surface area contributed by atoms with E-state index < -0.39 is 15.8 Å². The molecule has 0 unspecified atom stereocenters. The van der Waals surface area contributed by atoms with Gasteiger partial charge < -0.3 is 4.74 Å². The molecule has 0 atom stereocenters. The highest BCUT2D eigenvalue weighted by atomic mass is 32.2. The summed E-state index contributed by atoms with van der Waals surface area (Å²) in [6.45, 7) is 2.03. The lowest BCUT2D eigenvalue weighted by atomic mass is 10.3. The summed E-state index contributed by atoms with van der Waals surface area (Å²) in [4.78, 5) is 11.8. The Bertz CT molecular complexity index is 717. The Morgan fingerprint density at radius 3 is 2.50 bits per heavy atom. The largest absolute Gasteiger partial charge is 0.462 e. The summed E-state index contributed by atoms with van der Waals surface area (Å²) < 4.78 is 29.1. The Hall–Kier alpha value is -2.15. The Balaban J connectivity index is 2.27. The van der Waals surface area contributed by atoms with E-state index in [9.17, 15) is 13.2 Å². The van der Waals surface area contributed by atoms with Crippen LogP contribution in [0.25, 0.3) is 5.69 Å². The fourth-order valence-electron chi connectivity index (χ4n) is 1.63. The number of carbonyl (C=O) groups is 1. The van der Waals surface area contributed by atoms with Crippen molar-refractivity contribution >= 4 is 15.8 Å². The zero-order valence-corrected chi connectivity index (χ0v) is 11.9. The molecule has 0 N–H and O–H groups in total. The molecule has 106 valence electrons. The van der Waals surface area contributed by atoms with Crippen molar-refractivity contribution in [3.63, 3.8) is 0 Å². The van der Waals surface area contributed by atoms with Gasteiger partial charge in [-0.25, -0.2) is 17.9 Å². The zero-order chi connectivity index (χ0) is 14.8. The molecule has 7 heteroatoms. The van der Waals surface area contributed by atoms with E-state index in [1.165, 1.54) is 29.2 Å². The van der Waals surface area contributed by atoms with Gasteiger partial charge in [0.25, 0.3) is 0 Å². The monoisotopic (exact) mass is 294 g/mol. The molecular weight excluding hydrogens is 280 g/mol. The smallest absolute Gasteiger partial charge is 0.341 e. The summed E-state index contributed by atoms with van der Waals surface area (Å²) in [5, 5.41) is 4.05. The van der Waals surface area contributed by atoms with Gasteiger partial charge in [0.2, 0.25) is 0 Å². The normalized spacial score (nSPS) is 11.3. The number of hydrogen-bond donors (Lipinski definition) is 0. The van der Waals surface area contributed by atoms with Gasteiger partial charge in [-0.3, -0.25) is 0 Å². The van der Waals surface area contributed by atoms with Crippen molar-refractivity contribution in [3.05, 3.63) is 42.2 Å². The van der Waals surface area contributed by atoms with Gasteiger partial charge in [0, 0.05) is 12.5 Å². The van der Waals surface area contributed by atoms with Gasteiger partial charge in [-0.05, 0) is 31.2 Å². The number of benzene rings is 1. The van der Waals surface area contributed by atoms with Crippen LogP contribution >= 0.6 is 0 Å². The van der Waals surface area contributed by atoms with E-state index in [0.29, 0.717) is 17.9 Å². The molecule has 0 radical (unpaired) electrons. The quantitative estimate of drug-likeness (QED) is 0.798. The lowest BCUT2D eigenvalue weighted by Crippen LogP contribution is -2.03. The molecule has 1 aromatic carbocycles. The summed E-state index contributed by atoms with van der Waals surface area (Å²) >= 11 is 0. The maximum absolute atomic E-state index is 11.5. The first-order valence-corrected chi connectivity index (χ1v) is 7.83. The summed E-state index contributed by atoms with van der Waals surface area (Å²) in [7, 11) is -3.22. The molecule has 0 aliphatic carbocycles. The van der Waals surface area contributed by atoms with Crippen molar-refractivity contribution in [2.75, 3.05) is 12.9 Å². The van der Waals surface area contributed by atoms with Crippen molar-refractivity contribution in [1.29, 1.82) is 0 Å². The van der Waals surface area contributed by atoms with E-state index in [-0.39, 0.29) is 4.90 Å². The lowest BCUT2D eigenvalue weighted by Gasteiger charge is -2.02. The third kappa shape index (κ3) is 3.05. The maximum Gasteiger partial charge on any atom is 0.341 e. The molecule has 0 amide bonds. The predicted octanol–water partition coefficient (Wildman–Crippen LogP) is 1.45. The van der Waals surface area contributed by atoms with Gasteiger partial charge in [0.05, 0.1) is 29.0 Å². The van der Waals surface area contributed by atoms with Crippen LogP contribution in [0, 0.1) is 0 Å². The highest BCUT2D eigenvalue weighted by Gasteiger charge is 2.11. The first-order valence-electron chi connectivity index (χ1n) is 5.94. The molecule has 0 bridgehead atoms. The van der Waals surface area contributed by atoms with E-state index in [1.807, 2.05) is 0 Å². The average molecular weight is 294 g/mol. The number of nitrogens with zero attached hydrogens (tertiary/aromatic N) is 2. The van der Waals surface area contributed by atoms with Gasteiger partial charge >= 0.3 is 5.97 Å². The minimum absolute atomic E-state index is 0.235. The van der Waals surface area contributed by atoms with Crippen LogP contribution in [0.5, 0.6) is 0 Å². The zero-order valence-electron chi connectivity index (χ0n) is 11.1. The topological polar surface area (TPSA) is 78.3 Å². The minimum atomic E-state index is -3.22. The first kappa shape index (κ1) is 14.3. The Kier molecular flexibility index (Phi) is 3.89. The highest BCUT2D eigenvalue weighted by molar-refractivity contribution is 7.90. The van der Waals surface area contributed by atoms with Gasteiger partial charge in [0.1, 0.15) is 0 Å². The lowest BCUT2D eigenvalue weighted by molar-refractivity contribution is 0.0526. The van der Waals surface area contributed by atoms with Crippen LogP contribution in [0.1, 0.15) is 17.3 Å². The molecule has 2 aromatic rings. The molecule has 0 spiro atoms. The number of esters is 1. The van der Waals surface area contributed by atoms with Crippen LogP contribution in [0.15, 0.2) is 41.6 Å². The molecule has 0 aliphatic rings. The van der Waals surface area contributed by atoms with Crippen LogP contribution in [-0.4, -0.2) is 37.0 Å². The van der Waals surface area contributed by atoms with Crippen LogP contribution in [0.2, 0.25) is 0 Å². The molecule has 0 aliphatic heterocycles. The Morgan fingerprint density at radius 2 is 1.95 bits per heavy atom. The van der Waals surface area contributed by atoms with Crippen LogP contribution < -0.4 is 0 Å². The van der Waals surface area contributed by atoms with Crippen molar-refractivity contribution < 1.29 is 17.9 Å². The third-order valence-electron chi connectivity index (χ3n) is 2.62. The second kappa shape index (κ2) is 5.46. The van der Waals surface area contributed by atoms with Gasteiger partial charge in [0.15, 0.2) is 9.84 Å². The molecule has 20 heavy (non-hydrogen) atoms. The van der Waals surface area contributed by atoms with E-state index in [0.717, 1.165) is 6.26 Å². The summed E-state index contributed by atoms with van der Waals surface area (Å²) in [5.41, 5.74) is 1.01. The number of carbonyl (C=O) groups excluding carboxylic acids is 1. The van der Waals surface area contributed by atoms with E-state index >= 15 is 0 Å². The second-order valence-corrected chi connectivity index (χ2v) is 6.18. The van der Waals surface area contributed by atoms with E-state index in [1.54, 1.807) is 19.1 Å². The van der Waals surface area contributed by atoms with Crippen molar-refractivity contribution in [2.45, 2.75) is 11.8 Å². The minimum Gasteiger partial charge on any atom is -0.462 e. The molecule has 1 heterocycles. The standard InChI is InChI=1S/C13H14N2O4S/c1-3-19-13(16)10-8-14-15(9-10)11-4-6-12(7-5-11)20(2,17)18/h4-9H,3H2,1-2H3. The van der Waals surface area contributed by atoms with Crippen LogP contribution in [0.3, 0.4) is 0 Å². The van der Waals surface area contributed by atoms with Crippen molar-refractivity contribution in [1.82, 2.24) is 9.78 Å². The molecule has 0 saturated carbocycles. The highest BCUT2D eigenvalue weighted by Crippen LogP contribution is 2.14. The molecule has 2 rings (SSSR count). The van der Waals surface area contributed by atoms with Gasteiger partial charge in [-0.15, -0.1) is 0 Å². The number of ether oxygens (including phenoxy) is 1. The number of aromatic nitrogens is 2. The molecule has 0 fully saturated rings. The summed E-state index contributed by atoms with van der Waals surface area (Å²) in [6, 6.07) is 6.24. The van der Waals surface area contributed by atoms with Gasteiger partial charge in [-0.1, -0.05) is 0 Å². The molecule has 1 aromatic heterocycles. The Morgan fingerprint density at radius 1 is 1.30 bits per heavy atom. The fourth-order valence-corrected chi connectivity index (χ4v) is 2.26. The second-order valence-electron chi connectivity index (χ2n) is 4.16. The number of rotatable bonds is 4. The van der Waals surface area contributed by atoms with E-state index in [4.69, 9.17) is 4.74 Å². The van der Waals surface area contributed by atoms with Crippen molar-refractivity contribution in [3.8, 4) is 5.69 Å². The fraction of sp³-hybridized carbons (Fsp3) is 0.231. The van der Waals surface area contributed by atoms with Crippen LogP contribution in [-0.2, 0) is 14.6 Å². The van der Waals surface area contributed by atoms with E-state index in [2.05, 4.69) is 5.10 Å². The van der Waals surface area contributed by atoms with Crippen LogP contribution in [0.4, 0.5) is 0 Å². The first-order chi connectivity index (χ1) is 9.41. The Labute approximate surface area is 116 Å².